The number of hydrogen-bond donors (Lipinski definition) is 0. The SMILES string of the molecule is CC(C)C[C@H]1CO[C@H](C)CN(C)[C@@H](CC(C)C)CO[C@H](Cc2ccc(Cn3cc4ccccc4n3)cc2)CN(C)[C@@H](CC(C)C)CO[C@H](C)CN(C)[C@@H](CC(C)C)CO[C@H](Cc2ccc(Cn3cc4ccccc4n3)cc2)CN1C. The Labute approximate surface area is 483 Å². The molecule has 0 N–H and O–H groups in total. The van der Waals surface area contributed by atoms with E-state index in [1.165, 1.54) is 33.0 Å². The van der Waals surface area contributed by atoms with Crippen LogP contribution in [0.15, 0.2) is 109 Å². The average molecular weight is 1100 g/mol. The highest BCUT2D eigenvalue weighted by atomic mass is 16.5. The third-order valence-corrected chi connectivity index (χ3v) is 16.3. The van der Waals surface area contributed by atoms with Crippen LogP contribution in [-0.4, -0.2) is 169 Å². The highest BCUT2D eigenvalue weighted by Gasteiger charge is 2.29. The highest BCUT2D eigenvalue weighted by Crippen LogP contribution is 2.23. The van der Waals surface area contributed by atoms with Gasteiger partial charge in [-0.15, -0.1) is 0 Å². The Morgan fingerprint density at radius 1 is 0.400 bits per heavy atom. The molecule has 1 aliphatic rings. The van der Waals surface area contributed by atoms with Crippen molar-refractivity contribution < 1.29 is 18.9 Å². The van der Waals surface area contributed by atoms with Crippen LogP contribution in [0.2, 0.25) is 0 Å². The van der Waals surface area contributed by atoms with Gasteiger partial charge in [0.1, 0.15) is 0 Å². The molecule has 1 saturated heterocycles. The predicted octanol–water partition coefficient (Wildman–Crippen LogP) is 12.2. The summed E-state index contributed by atoms with van der Waals surface area (Å²) in [6, 6.07) is 35.9. The molecule has 0 amide bonds. The lowest BCUT2D eigenvalue weighted by Gasteiger charge is -2.37. The largest absolute Gasteiger partial charge is 0.376 e. The zero-order chi connectivity index (χ0) is 57.3. The molecule has 0 unspecified atom stereocenters. The lowest BCUT2D eigenvalue weighted by atomic mass is 10.0. The van der Waals surface area contributed by atoms with Gasteiger partial charge in [0, 0.05) is 73.5 Å². The third-order valence-electron chi connectivity index (χ3n) is 16.3. The Morgan fingerprint density at radius 3 is 1.02 bits per heavy atom. The van der Waals surface area contributed by atoms with Crippen LogP contribution >= 0.6 is 0 Å². The van der Waals surface area contributed by atoms with Gasteiger partial charge in [-0.1, -0.05) is 140 Å². The Hall–Kier alpha value is -4.50. The van der Waals surface area contributed by atoms with E-state index in [4.69, 9.17) is 29.1 Å². The normalized spacial score (nSPS) is 24.4. The summed E-state index contributed by atoms with van der Waals surface area (Å²) in [5, 5.41) is 12.0. The van der Waals surface area contributed by atoms with Gasteiger partial charge in [0.05, 0.1) is 75.0 Å². The fourth-order valence-corrected chi connectivity index (χ4v) is 11.9. The van der Waals surface area contributed by atoms with E-state index in [2.05, 4.69) is 236 Å². The third kappa shape index (κ3) is 20.4. The van der Waals surface area contributed by atoms with Crippen molar-refractivity contribution in [2.24, 2.45) is 23.7 Å². The molecule has 1 aliphatic heterocycles. The van der Waals surface area contributed by atoms with Crippen LogP contribution in [0.4, 0.5) is 0 Å². The Morgan fingerprint density at radius 2 is 0.700 bits per heavy atom. The van der Waals surface area contributed by atoms with Crippen molar-refractivity contribution >= 4 is 21.8 Å². The molecule has 440 valence electrons. The quantitative estimate of drug-likeness (QED) is 0.0934. The van der Waals surface area contributed by atoms with Crippen molar-refractivity contribution in [1.29, 1.82) is 0 Å². The zero-order valence-electron chi connectivity index (χ0n) is 51.8. The van der Waals surface area contributed by atoms with Gasteiger partial charge in [0.25, 0.3) is 0 Å². The van der Waals surface area contributed by atoms with Crippen LogP contribution in [0.1, 0.15) is 117 Å². The first-order valence-corrected chi connectivity index (χ1v) is 30.6. The maximum absolute atomic E-state index is 7.23. The van der Waals surface area contributed by atoms with Crippen molar-refractivity contribution in [3.8, 4) is 0 Å². The van der Waals surface area contributed by atoms with Crippen LogP contribution in [0.3, 0.4) is 0 Å². The van der Waals surface area contributed by atoms with E-state index in [-0.39, 0.29) is 48.6 Å². The van der Waals surface area contributed by atoms with E-state index in [9.17, 15) is 0 Å². The number of aromatic nitrogens is 4. The second kappa shape index (κ2) is 31.2. The second-order valence-electron chi connectivity index (χ2n) is 25.9. The van der Waals surface area contributed by atoms with Gasteiger partial charge in [-0.3, -0.25) is 29.0 Å². The number of rotatable bonds is 16. The van der Waals surface area contributed by atoms with E-state index in [0.29, 0.717) is 50.1 Å². The first-order valence-electron chi connectivity index (χ1n) is 30.6. The predicted molar refractivity (Wildman–Crippen MR) is 332 cm³/mol. The highest BCUT2D eigenvalue weighted by molar-refractivity contribution is 5.78. The molecule has 3 heterocycles. The molecule has 2 aromatic heterocycles. The smallest absolute Gasteiger partial charge is 0.0923 e. The summed E-state index contributed by atoms with van der Waals surface area (Å²) >= 11 is 0. The average Bonchev–Trinajstić information content (AvgIpc) is 4.02. The molecular weight excluding hydrogens is 993 g/mol. The van der Waals surface area contributed by atoms with Gasteiger partial charge in [-0.2, -0.15) is 10.2 Å². The molecule has 1 fully saturated rings. The number of ether oxygens (including phenoxy) is 4. The van der Waals surface area contributed by atoms with Gasteiger partial charge < -0.3 is 18.9 Å². The monoisotopic (exact) mass is 1100 g/mol. The van der Waals surface area contributed by atoms with Crippen molar-refractivity contribution in [3.63, 3.8) is 0 Å². The second-order valence-corrected chi connectivity index (χ2v) is 25.9. The minimum atomic E-state index is -0.0102. The summed E-state index contributed by atoms with van der Waals surface area (Å²) in [5.41, 5.74) is 7.10. The maximum Gasteiger partial charge on any atom is 0.0923 e. The van der Waals surface area contributed by atoms with Gasteiger partial charge in [0.15, 0.2) is 0 Å². The van der Waals surface area contributed by atoms with Crippen LogP contribution in [-0.2, 0) is 44.9 Å². The Kier molecular flexibility index (Phi) is 24.6. The van der Waals surface area contributed by atoms with Crippen LogP contribution in [0, 0.1) is 23.7 Å². The summed E-state index contributed by atoms with van der Waals surface area (Å²) in [6.45, 7) is 30.6. The summed E-state index contributed by atoms with van der Waals surface area (Å²) in [4.78, 5) is 10.1. The summed E-state index contributed by atoms with van der Waals surface area (Å²) in [7, 11) is 9.12. The van der Waals surface area contributed by atoms with Crippen LogP contribution in [0.5, 0.6) is 0 Å². The number of nitrogens with zero attached hydrogens (tertiary/aromatic N) is 8. The number of likely N-dealkylation sites (N-methyl/N-ethyl adjacent to an activating group) is 4. The number of benzene rings is 4. The van der Waals surface area contributed by atoms with Gasteiger partial charge in [0.2, 0.25) is 0 Å². The van der Waals surface area contributed by atoms with Crippen molar-refractivity contribution in [1.82, 2.24) is 39.2 Å². The first kappa shape index (κ1) is 63.1. The van der Waals surface area contributed by atoms with E-state index in [1.54, 1.807) is 0 Å². The van der Waals surface area contributed by atoms with Gasteiger partial charge in [-0.05, 0) is 139 Å². The molecule has 4 aromatic carbocycles. The summed E-state index contributed by atoms with van der Waals surface area (Å²) in [5.74, 6) is 2.07. The molecule has 80 heavy (non-hydrogen) atoms. The molecule has 12 heteroatoms. The van der Waals surface area contributed by atoms with E-state index in [1.807, 2.05) is 0 Å². The molecule has 0 aliphatic carbocycles. The van der Waals surface area contributed by atoms with Crippen molar-refractivity contribution in [2.75, 3.05) is 80.8 Å². The van der Waals surface area contributed by atoms with Crippen LogP contribution in [0.25, 0.3) is 21.8 Å². The standard InChI is InChI=1S/C68H104N8O4/c1-49(2)31-61-45-77-53(9)37-71(11)64(34-52(7)8)48-80-66(36-56-25-29-58(30-26-56)40-76-42-60-20-16-18-22-68(60)70-76)44-74(14)62(32-50(3)4)46-78-54(10)38-72(12)63(33-51(5)6)47-79-65(43-73(61)13)35-55-23-27-57(28-24-55)39-75-41-59-19-15-17-21-67(59)69-75/h15-30,41-42,49-54,61-66H,31-40,43-48H2,1-14H3/t53-,54-,61+,62+,63+,64+,65-,66-/m1/s1. The molecule has 0 spiro atoms. The fraction of sp³-hybridized carbons (Fsp3) is 0.618. The lowest BCUT2D eigenvalue weighted by Crippen LogP contribution is -2.47. The van der Waals surface area contributed by atoms with E-state index >= 15 is 0 Å². The maximum atomic E-state index is 7.23. The molecule has 0 radical (unpaired) electrons. The Bertz CT molecular complexity index is 2420. The number of fused-ring (bicyclic) bond motifs is 2. The molecule has 8 atom stereocenters. The van der Waals surface area contributed by atoms with Crippen LogP contribution < -0.4 is 0 Å². The van der Waals surface area contributed by atoms with E-state index < -0.39 is 0 Å². The van der Waals surface area contributed by atoms with Crippen molar-refractivity contribution in [2.45, 2.75) is 169 Å². The first-order chi connectivity index (χ1) is 38.3. The topological polar surface area (TPSA) is 85.5 Å². The molecular formula is C68H104N8O4. The zero-order valence-corrected chi connectivity index (χ0v) is 51.8. The van der Waals surface area contributed by atoms with E-state index in [0.717, 1.165) is 88.8 Å². The minimum Gasteiger partial charge on any atom is -0.376 e. The Balaban J connectivity index is 1.10. The summed E-state index contributed by atoms with van der Waals surface area (Å²) in [6.07, 6.45) is 10.2. The van der Waals surface area contributed by atoms with Gasteiger partial charge >= 0.3 is 0 Å². The molecule has 7 rings (SSSR count). The van der Waals surface area contributed by atoms with Crippen molar-refractivity contribution in [3.05, 3.63) is 132 Å². The minimum absolute atomic E-state index is 0.0102. The van der Waals surface area contributed by atoms with Gasteiger partial charge in [-0.25, -0.2) is 0 Å². The lowest BCUT2D eigenvalue weighted by molar-refractivity contribution is -0.0536. The summed E-state index contributed by atoms with van der Waals surface area (Å²) < 4.78 is 32.4. The number of hydrogen-bond acceptors (Lipinski definition) is 10. The molecule has 6 aromatic rings. The molecule has 0 bridgehead atoms. The molecule has 0 saturated carbocycles. The molecule has 12 nitrogen and oxygen atoms in total. The fourth-order valence-electron chi connectivity index (χ4n) is 11.9.